The molecule has 0 bridgehead atoms. The number of pyridine rings is 3. The quantitative estimate of drug-likeness (QED) is 0.147. The molecule has 0 radical (unpaired) electrons. The third-order valence-corrected chi connectivity index (χ3v) is 7.87. The number of hydrogen-bond donors (Lipinski definition) is 0. The zero-order chi connectivity index (χ0) is 29.1. The van der Waals surface area contributed by atoms with Crippen LogP contribution in [-0.4, -0.2) is 15.0 Å². The van der Waals surface area contributed by atoms with Crippen molar-refractivity contribution in [2.45, 2.75) is 37.5 Å². The fourth-order valence-corrected chi connectivity index (χ4v) is 5.76. The second-order valence-corrected chi connectivity index (χ2v) is 9.99. The summed E-state index contributed by atoms with van der Waals surface area (Å²) in [5.74, 6) is 0. The van der Waals surface area contributed by atoms with Gasteiger partial charge in [-0.1, -0.05) is 32.0 Å². The molecule has 0 aliphatic rings. The van der Waals surface area contributed by atoms with Crippen molar-refractivity contribution in [3.8, 4) is 0 Å². The summed E-state index contributed by atoms with van der Waals surface area (Å²) < 4.78 is 0. The van der Waals surface area contributed by atoms with Gasteiger partial charge in [-0.25, -0.2) is 0 Å². The molecule has 6 aromatic rings. The first kappa shape index (κ1) is 31.7. The molecule has 214 valence electrons. The fourth-order valence-electron chi connectivity index (χ4n) is 5.76. The summed E-state index contributed by atoms with van der Waals surface area (Å²) in [4.78, 5) is 13.9. The van der Waals surface area contributed by atoms with E-state index in [-0.39, 0.29) is 30.9 Å². The summed E-state index contributed by atoms with van der Waals surface area (Å²) >= 11 is 0. The summed E-state index contributed by atoms with van der Waals surface area (Å²) in [6.07, 6.45) is 7.31. The van der Waals surface area contributed by atoms with E-state index in [9.17, 15) is 0 Å². The Kier molecular flexibility index (Phi) is 11.3. The first-order valence-corrected chi connectivity index (χ1v) is 14.4. The van der Waals surface area contributed by atoms with E-state index in [2.05, 4.69) is 95.5 Å². The molecule has 0 saturated heterocycles. The van der Waals surface area contributed by atoms with Crippen LogP contribution in [0, 0.1) is 18.2 Å². The molecule has 3 aromatic carbocycles. The number of rotatable bonds is 8. The predicted molar refractivity (Wildman–Crippen MR) is 169 cm³/mol. The molecule has 3 heterocycles. The Morgan fingerprint density at radius 3 is 1.05 bits per heavy atom. The summed E-state index contributed by atoms with van der Waals surface area (Å²) in [5.41, 5.74) is 5.76. The van der Waals surface area contributed by atoms with Crippen LogP contribution in [-0.2, 0) is 30.9 Å². The van der Waals surface area contributed by atoms with Gasteiger partial charge in [0.1, 0.15) is 0 Å². The molecule has 43 heavy (non-hydrogen) atoms. The van der Waals surface area contributed by atoms with Crippen molar-refractivity contribution in [3.63, 3.8) is 0 Å². The third-order valence-electron chi connectivity index (χ3n) is 7.87. The van der Waals surface area contributed by atoms with E-state index in [1.54, 1.807) is 0 Å². The Bertz CT molecular complexity index is 1290. The molecule has 0 saturated carbocycles. The molecule has 0 unspecified atom stereocenters. The molecule has 0 amide bonds. The number of nitrogens with zero attached hydrogens (tertiary/aromatic N) is 3. The maximum absolute atomic E-state index is 4.63. The van der Waals surface area contributed by atoms with Crippen molar-refractivity contribution in [1.29, 1.82) is 0 Å². The zero-order valence-corrected chi connectivity index (χ0v) is 26.8. The van der Waals surface area contributed by atoms with Gasteiger partial charge >= 0.3 is 20.1 Å². The molecule has 0 aliphatic carbocycles. The zero-order valence-electron chi connectivity index (χ0n) is 24.4. The Morgan fingerprint density at radius 2 is 0.767 bits per heavy atom. The van der Waals surface area contributed by atoms with Crippen LogP contribution in [0.25, 0.3) is 0 Å². The minimum atomic E-state index is -0.357. The van der Waals surface area contributed by atoms with Gasteiger partial charge in [-0.05, 0) is 49.2 Å². The topological polar surface area (TPSA) is 38.7 Å². The average molecular weight is 737 g/mol. The van der Waals surface area contributed by atoms with Crippen molar-refractivity contribution in [2.75, 3.05) is 0 Å². The second kappa shape index (κ2) is 15.3. The van der Waals surface area contributed by atoms with E-state index in [1.165, 1.54) is 0 Å². The Labute approximate surface area is 269 Å². The molecule has 0 atom stereocenters. The maximum Gasteiger partial charge on any atom is 3.00 e. The van der Waals surface area contributed by atoms with Gasteiger partial charge in [0, 0.05) is 24.0 Å². The van der Waals surface area contributed by atoms with Gasteiger partial charge in [0.2, 0.25) is 0 Å². The van der Waals surface area contributed by atoms with Gasteiger partial charge in [-0.2, -0.15) is 91.0 Å². The van der Waals surface area contributed by atoms with E-state index in [0.29, 0.717) is 0 Å². The van der Waals surface area contributed by atoms with Gasteiger partial charge in [0.15, 0.2) is 0 Å². The van der Waals surface area contributed by atoms with Crippen molar-refractivity contribution in [2.24, 2.45) is 0 Å². The smallest absolute Gasteiger partial charge is 0.260 e. The molecule has 6 rings (SSSR count). The molecule has 3 aromatic heterocycles. The van der Waals surface area contributed by atoms with Gasteiger partial charge < -0.3 is 0 Å². The molecular formula is C39H34IrN3. The van der Waals surface area contributed by atoms with Gasteiger partial charge in [0.25, 0.3) is 0 Å². The van der Waals surface area contributed by atoms with E-state index in [4.69, 9.17) is 0 Å². The summed E-state index contributed by atoms with van der Waals surface area (Å²) in [6.45, 7) is 4.36. The predicted octanol–water partition coefficient (Wildman–Crippen LogP) is 8.45. The van der Waals surface area contributed by atoms with Crippen LogP contribution in [0.5, 0.6) is 0 Å². The SMILES string of the molecule is CCC(c1[c-]cccc1)(c1[c-]cccc1)c1ccccn1.CCC(c1[c-]cccc1)(c1ccccn1)c1ccccn1.[Ir+3]. The minimum absolute atomic E-state index is 0. The second-order valence-electron chi connectivity index (χ2n) is 9.99. The van der Waals surface area contributed by atoms with Crippen LogP contribution in [0.4, 0.5) is 0 Å². The largest absolute Gasteiger partial charge is 3.00 e. The molecule has 3 nitrogen and oxygen atoms in total. The normalized spacial score (nSPS) is 11.0. The first-order chi connectivity index (χ1) is 20.8. The van der Waals surface area contributed by atoms with Crippen LogP contribution in [0.3, 0.4) is 0 Å². The third kappa shape index (κ3) is 6.57. The van der Waals surface area contributed by atoms with Crippen molar-refractivity contribution in [3.05, 3.63) is 198 Å². The Morgan fingerprint density at radius 1 is 0.442 bits per heavy atom. The molecular weight excluding hydrogens is 703 g/mol. The van der Waals surface area contributed by atoms with E-state index in [1.807, 2.05) is 97.5 Å². The van der Waals surface area contributed by atoms with E-state index < -0.39 is 0 Å². The fraction of sp³-hybridized carbons (Fsp3) is 0.154. The van der Waals surface area contributed by atoms with Crippen molar-refractivity contribution < 1.29 is 20.1 Å². The monoisotopic (exact) mass is 737 g/mol. The Balaban J connectivity index is 0.000000192. The maximum atomic E-state index is 4.63. The molecule has 0 fully saturated rings. The van der Waals surface area contributed by atoms with Crippen LogP contribution in [0.1, 0.15) is 60.5 Å². The van der Waals surface area contributed by atoms with Crippen LogP contribution >= 0.6 is 0 Å². The van der Waals surface area contributed by atoms with Crippen molar-refractivity contribution >= 4 is 0 Å². The number of benzene rings is 3. The van der Waals surface area contributed by atoms with Crippen LogP contribution in [0.2, 0.25) is 0 Å². The Hall–Kier alpha value is -4.24. The van der Waals surface area contributed by atoms with Gasteiger partial charge in [-0.15, -0.1) is 16.7 Å². The standard InChI is InChI=1S/C20H17N.C19H17N2.Ir/c1-2-20(17-11-5-3-6-12-17,18-13-7-4-8-14-18)19-15-9-10-16-21-19;1-2-19(16-10-4-3-5-11-16,17-12-6-8-14-20-17)18-13-7-9-15-21-18;/h3-11,13,15-16H,2H2,1H3;3-10,12-15H,2H2,1H3;/q-2;-1;+3. The van der Waals surface area contributed by atoms with Crippen LogP contribution < -0.4 is 0 Å². The molecule has 0 spiro atoms. The molecule has 0 N–H and O–H groups in total. The average Bonchev–Trinajstić information content (AvgIpc) is 3.09. The van der Waals surface area contributed by atoms with Crippen LogP contribution in [0.15, 0.2) is 146 Å². The summed E-state index contributed by atoms with van der Waals surface area (Å²) in [6, 6.07) is 52.7. The summed E-state index contributed by atoms with van der Waals surface area (Å²) in [7, 11) is 0. The summed E-state index contributed by atoms with van der Waals surface area (Å²) in [5, 5.41) is 0. The van der Waals surface area contributed by atoms with Gasteiger partial charge in [0.05, 0.1) is 22.5 Å². The van der Waals surface area contributed by atoms with E-state index >= 15 is 0 Å². The van der Waals surface area contributed by atoms with Crippen molar-refractivity contribution in [1.82, 2.24) is 15.0 Å². The van der Waals surface area contributed by atoms with E-state index in [0.717, 1.165) is 46.6 Å². The van der Waals surface area contributed by atoms with Gasteiger partial charge in [-0.3, -0.25) is 15.0 Å². The molecule has 0 aliphatic heterocycles. The number of aromatic nitrogens is 3. The minimum Gasteiger partial charge on any atom is -0.260 e. The molecule has 4 heteroatoms. The number of hydrogen-bond acceptors (Lipinski definition) is 3. The first-order valence-electron chi connectivity index (χ1n) is 14.4.